The largest absolute Gasteiger partial charge is 0.416 e. The van der Waals surface area contributed by atoms with Crippen LogP contribution in [0.2, 0.25) is 0 Å². The Morgan fingerprint density at radius 1 is 1.33 bits per heavy atom. The zero-order valence-corrected chi connectivity index (χ0v) is 11.4. The highest BCUT2D eigenvalue weighted by molar-refractivity contribution is 5.27. The van der Waals surface area contributed by atoms with Crippen LogP contribution < -0.4 is 0 Å². The highest BCUT2D eigenvalue weighted by atomic mass is 19.4. The van der Waals surface area contributed by atoms with Gasteiger partial charge in [0.15, 0.2) is 5.82 Å². The number of aliphatic hydroxyl groups is 1. The van der Waals surface area contributed by atoms with E-state index < -0.39 is 17.8 Å². The van der Waals surface area contributed by atoms with E-state index in [-0.39, 0.29) is 18.7 Å². The van der Waals surface area contributed by atoms with Crippen molar-refractivity contribution in [3.05, 3.63) is 47.1 Å². The lowest BCUT2D eigenvalue weighted by Crippen LogP contribution is -2.08. The summed E-state index contributed by atoms with van der Waals surface area (Å²) in [5.74, 6) is 0.582. The van der Waals surface area contributed by atoms with Crippen LogP contribution in [-0.4, -0.2) is 21.4 Å². The first-order chi connectivity index (χ1) is 9.88. The van der Waals surface area contributed by atoms with Gasteiger partial charge in [-0.3, -0.25) is 0 Å². The third-order valence-electron chi connectivity index (χ3n) is 3.01. The van der Waals surface area contributed by atoms with Gasteiger partial charge in [0.25, 0.3) is 0 Å². The SMILES string of the molecule is CCC(O)Cc1nc(Cc2cccc(C(F)(F)F)c2)no1. The number of halogens is 3. The predicted octanol–water partition coefficient (Wildman–Crippen LogP) is 2.99. The maximum atomic E-state index is 12.6. The third kappa shape index (κ3) is 4.29. The number of aliphatic hydroxyl groups excluding tert-OH is 1. The van der Waals surface area contributed by atoms with Gasteiger partial charge in [-0.1, -0.05) is 30.3 Å². The molecule has 7 heteroatoms. The van der Waals surface area contributed by atoms with E-state index in [0.717, 1.165) is 12.1 Å². The molecule has 1 aromatic carbocycles. The molecule has 1 N–H and O–H groups in total. The minimum absolute atomic E-state index is 0.148. The van der Waals surface area contributed by atoms with Crippen molar-refractivity contribution in [2.24, 2.45) is 0 Å². The molecule has 0 amide bonds. The van der Waals surface area contributed by atoms with Crippen molar-refractivity contribution in [1.82, 2.24) is 10.1 Å². The molecular formula is C14H15F3N2O2. The van der Waals surface area contributed by atoms with Crippen molar-refractivity contribution in [2.75, 3.05) is 0 Å². The van der Waals surface area contributed by atoms with Crippen molar-refractivity contribution in [1.29, 1.82) is 0 Å². The average molecular weight is 300 g/mol. The molecule has 0 aliphatic carbocycles. The number of alkyl halides is 3. The molecule has 0 radical (unpaired) electrons. The molecule has 0 saturated heterocycles. The van der Waals surface area contributed by atoms with E-state index in [1.807, 2.05) is 6.92 Å². The Hall–Kier alpha value is -1.89. The number of hydrogen-bond donors (Lipinski definition) is 1. The highest BCUT2D eigenvalue weighted by Crippen LogP contribution is 2.29. The Labute approximate surface area is 119 Å². The van der Waals surface area contributed by atoms with Gasteiger partial charge >= 0.3 is 6.18 Å². The van der Waals surface area contributed by atoms with Crippen LogP contribution in [0.15, 0.2) is 28.8 Å². The van der Waals surface area contributed by atoms with Crippen LogP contribution in [-0.2, 0) is 19.0 Å². The van der Waals surface area contributed by atoms with E-state index >= 15 is 0 Å². The first-order valence-corrected chi connectivity index (χ1v) is 6.54. The molecule has 0 fully saturated rings. The van der Waals surface area contributed by atoms with Gasteiger partial charge in [-0.05, 0) is 18.1 Å². The van der Waals surface area contributed by atoms with Crippen molar-refractivity contribution in [3.8, 4) is 0 Å². The zero-order chi connectivity index (χ0) is 15.5. The van der Waals surface area contributed by atoms with E-state index in [1.54, 1.807) is 6.07 Å². The molecule has 1 aromatic heterocycles. The molecule has 0 spiro atoms. The molecule has 4 nitrogen and oxygen atoms in total. The lowest BCUT2D eigenvalue weighted by Gasteiger charge is -2.07. The lowest BCUT2D eigenvalue weighted by atomic mass is 10.1. The second-order valence-corrected chi connectivity index (χ2v) is 4.75. The van der Waals surface area contributed by atoms with Crippen LogP contribution in [0.5, 0.6) is 0 Å². The van der Waals surface area contributed by atoms with E-state index in [0.29, 0.717) is 17.8 Å². The van der Waals surface area contributed by atoms with Crippen molar-refractivity contribution < 1.29 is 22.8 Å². The number of benzene rings is 1. The van der Waals surface area contributed by atoms with Crippen LogP contribution in [0, 0.1) is 0 Å². The number of nitrogens with zero attached hydrogens (tertiary/aromatic N) is 2. The fourth-order valence-corrected chi connectivity index (χ4v) is 1.83. The standard InChI is InChI=1S/C14H15F3N2O2/c1-2-11(20)8-13-18-12(19-21-13)7-9-4-3-5-10(6-9)14(15,16)17/h3-6,11,20H,2,7-8H2,1H3. The van der Waals surface area contributed by atoms with Gasteiger partial charge in [0.2, 0.25) is 5.89 Å². The average Bonchev–Trinajstić information content (AvgIpc) is 2.85. The summed E-state index contributed by atoms with van der Waals surface area (Å²) in [7, 11) is 0. The topological polar surface area (TPSA) is 59.2 Å². The number of aromatic nitrogens is 2. The zero-order valence-electron chi connectivity index (χ0n) is 11.4. The molecule has 2 rings (SSSR count). The van der Waals surface area contributed by atoms with Crippen molar-refractivity contribution in [3.63, 3.8) is 0 Å². The summed E-state index contributed by atoms with van der Waals surface area (Å²) in [6, 6.07) is 5.01. The normalized spacial score (nSPS) is 13.4. The maximum Gasteiger partial charge on any atom is 0.416 e. The lowest BCUT2D eigenvalue weighted by molar-refractivity contribution is -0.137. The van der Waals surface area contributed by atoms with Gasteiger partial charge in [-0.2, -0.15) is 18.2 Å². The van der Waals surface area contributed by atoms with Gasteiger partial charge in [0, 0.05) is 6.42 Å². The molecule has 1 atom stereocenters. The Kier molecular flexibility index (Phi) is 4.62. The molecule has 0 aliphatic rings. The summed E-state index contributed by atoms with van der Waals surface area (Å²) in [6.45, 7) is 1.82. The molecule has 1 heterocycles. The van der Waals surface area contributed by atoms with Gasteiger partial charge in [-0.15, -0.1) is 0 Å². The van der Waals surface area contributed by atoms with E-state index in [1.165, 1.54) is 6.07 Å². The van der Waals surface area contributed by atoms with E-state index in [2.05, 4.69) is 10.1 Å². The van der Waals surface area contributed by atoms with Crippen LogP contribution in [0.1, 0.15) is 36.2 Å². The molecule has 114 valence electrons. The summed E-state index contributed by atoms with van der Waals surface area (Å²) in [5, 5.41) is 13.2. The van der Waals surface area contributed by atoms with Gasteiger partial charge in [-0.25, -0.2) is 0 Å². The second-order valence-electron chi connectivity index (χ2n) is 4.75. The first-order valence-electron chi connectivity index (χ1n) is 6.54. The highest BCUT2D eigenvalue weighted by Gasteiger charge is 2.30. The number of rotatable bonds is 5. The van der Waals surface area contributed by atoms with Crippen molar-refractivity contribution in [2.45, 2.75) is 38.5 Å². The summed E-state index contributed by atoms with van der Waals surface area (Å²) >= 11 is 0. The fraction of sp³-hybridized carbons (Fsp3) is 0.429. The summed E-state index contributed by atoms with van der Waals surface area (Å²) in [5.41, 5.74) is -0.252. The van der Waals surface area contributed by atoms with Crippen molar-refractivity contribution >= 4 is 0 Å². The summed E-state index contributed by atoms with van der Waals surface area (Å²) in [4.78, 5) is 4.07. The van der Waals surface area contributed by atoms with E-state index in [4.69, 9.17) is 4.52 Å². The molecule has 1 unspecified atom stereocenters. The maximum absolute atomic E-state index is 12.6. The Morgan fingerprint density at radius 3 is 2.76 bits per heavy atom. The Morgan fingerprint density at radius 2 is 2.10 bits per heavy atom. The van der Waals surface area contributed by atoms with Gasteiger partial charge < -0.3 is 9.63 Å². The molecule has 0 saturated carbocycles. The molecule has 21 heavy (non-hydrogen) atoms. The fourth-order valence-electron chi connectivity index (χ4n) is 1.83. The third-order valence-corrected chi connectivity index (χ3v) is 3.01. The Balaban J connectivity index is 2.08. The van der Waals surface area contributed by atoms with Crippen LogP contribution in [0.3, 0.4) is 0 Å². The quantitative estimate of drug-likeness (QED) is 0.922. The minimum atomic E-state index is -4.37. The van der Waals surface area contributed by atoms with Gasteiger partial charge in [0.1, 0.15) is 0 Å². The van der Waals surface area contributed by atoms with Gasteiger partial charge in [0.05, 0.1) is 18.1 Å². The number of hydrogen-bond acceptors (Lipinski definition) is 4. The predicted molar refractivity (Wildman–Crippen MR) is 68.5 cm³/mol. The van der Waals surface area contributed by atoms with Crippen LogP contribution in [0.25, 0.3) is 0 Å². The Bertz CT molecular complexity index is 596. The molecular weight excluding hydrogens is 285 g/mol. The van der Waals surface area contributed by atoms with E-state index in [9.17, 15) is 18.3 Å². The molecule has 0 aliphatic heterocycles. The van der Waals surface area contributed by atoms with Crippen LogP contribution >= 0.6 is 0 Å². The second kappa shape index (κ2) is 6.26. The molecule has 0 bridgehead atoms. The minimum Gasteiger partial charge on any atom is -0.393 e. The summed E-state index contributed by atoms with van der Waals surface area (Å²) < 4.78 is 42.8. The van der Waals surface area contributed by atoms with Crippen LogP contribution in [0.4, 0.5) is 13.2 Å². The first kappa shape index (κ1) is 15.5. The molecule has 2 aromatic rings. The smallest absolute Gasteiger partial charge is 0.393 e. The summed E-state index contributed by atoms with van der Waals surface area (Å²) in [6.07, 6.45) is -3.98. The monoisotopic (exact) mass is 300 g/mol.